The van der Waals surface area contributed by atoms with Gasteiger partial charge in [-0.3, -0.25) is 0 Å². The minimum Gasteiger partial charge on any atom is -0.312 e. The van der Waals surface area contributed by atoms with Gasteiger partial charge in [0.2, 0.25) is 0 Å². The van der Waals surface area contributed by atoms with E-state index in [1.807, 2.05) is 24.3 Å². The molecule has 0 unspecified atom stereocenters. The van der Waals surface area contributed by atoms with Crippen LogP contribution in [0.4, 0.5) is 5.69 Å². The molecule has 0 atom stereocenters. The predicted octanol–water partition coefficient (Wildman–Crippen LogP) is 7.07. The van der Waals surface area contributed by atoms with Crippen molar-refractivity contribution in [3.05, 3.63) is 97.1 Å². The molecule has 3 heteroatoms. The molecule has 0 saturated carbocycles. The van der Waals surface area contributed by atoms with Crippen molar-refractivity contribution in [2.75, 3.05) is 5.48 Å². The van der Waals surface area contributed by atoms with Gasteiger partial charge in [0.1, 0.15) is 5.69 Å². The van der Waals surface area contributed by atoms with E-state index >= 15 is 0 Å². The van der Waals surface area contributed by atoms with Crippen molar-refractivity contribution in [1.82, 2.24) is 0 Å². The van der Waals surface area contributed by atoms with Gasteiger partial charge in [0, 0.05) is 0 Å². The Labute approximate surface area is 167 Å². The Balaban J connectivity index is 0.000000154. The van der Waals surface area contributed by atoms with Gasteiger partial charge in [0.15, 0.2) is 5.75 Å². The highest BCUT2D eigenvalue weighted by atomic mass is 17.3. The van der Waals surface area contributed by atoms with Crippen molar-refractivity contribution in [1.29, 1.82) is 0 Å². The number of nitrogens with one attached hydrogen (secondary N) is 1. The van der Waals surface area contributed by atoms with E-state index in [2.05, 4.69) is 88.2 Å². The van der Waals surface area contributed by atoms with Crippen LogP contribution >= 0.6 is 0 Å². The molecule has 0 amide bonds. The Morgan fingerprint density at radius 3 is 1.45 bits per heavy atom. The van der Waals surface area contributed by atoms with E-state index < -0.39 is 0 Å². The molecule has 1 aliphatic rings. The van der Waals surface area contributed by atoms with Gasteiger partial charge in [0.05, 0.1) is 0 Å². The molecule has 0 spiro atoms. The molecule has 0 fully saturated rings. The minimum atomic E-state index is 0.734. The van der Waals surface area contributed by atoms with Crippen LogP contribution in [0.25, 0.3) is 43.1 Å². The number of hydrogen-bond donors (Lipinski definition) is 1. The third-order valence-corrected chi connectivity index (χ3v) is 5.56. The average Bonchev–Trinajstić information content (AvgIpc) is 3.27. The molecule has 1 N–H and O–H groups in total. The normalized spacial score (nSPS) is 12.6. The molecule has 0 aromatic heterocycles. The summed E-state index contributed by atoms with van der Waals surface area (Å²) in [4.78, 5) is 9.15. The van der Waals surface area contributed by atoms with E-state index in [1.165, 1.54) is 43.1 Å². The van der Waals surface area contributed by atoms with Crippen LogP contribution in [0.1, 0.15) is 0 Å². The summed E-state index contributed by atoms with van der Waals surface area (Å²) in [5.41, 5.74) is 3.45. The van der Waals surface area contributed by atoms with Crippen LogP contribution in [-0.2, 0) is 4.99 Å². The maximum absolute atomic E-state index is 4.69. The molecular formula is C26H17NO2. The van der Waals surface area contributed by atoms with Crippen LogP contribution < -0.4 is 10.4 Å². The summed E-state index contributed by atoms with van der Waals surface area (Å²) in [6.07, 6.45) is 0. The van der Waals surface area contributed by atoms with Crippen LogP contribution in [0.5, 0.6) is 5.75 Å². The van der Waals surface area contributed by atoms with Gasteiger partial charge in [0.25, 0.3) is 0 Å². The molecule has 138 valence electrons. The summed E-state index contributed by atoms with van der Waals surface area (Å²) < 4.78 is 0. The molecule has 0 bridgehead atoms. The van der Waals surface area contributed by atoms with Gasteiger partial charge < -0.3 is 4.89 Å². The summed E-state index contributed by atoms with van der Waals surface area (Å²) >= 11 is 0. The van der Waals surface area contributed by atoms with Gasteiger partial charge in [-0.05, 0) is 55.2 Å². The van der Waals surface area contributed by atoms with E-state index in [0.717, 1.165) is 11.4 Å². The number of para-hydroxylation sites is 2. The maximum Gasteiger partial charge on any atom is 0.193 e. The first-order valence-electron chi connectivity index (χ1n) is 9.63. The fourth-order valence-electron chi connectivity index (χ4n) is 4.31. The van der Waals surface area contributed by atoms with E-state index in [1.54, 1.807) is 0 Å². The molecule has 3 nitrogen and oxygen atoms in total. The van der Waals surface area contributed by atoms with Gasteiger partial charge in [-0.25, -0.2) is 5.48 Å². The highest BCUT2D eigenvalue weighted by Crippen LogP contribution is 2.39. The third kappa shape index (κ3) is 2.49. The molecule has 29 heavy (non-hydrogen) atoms. The van der Waals surface area contributed by atoms with Gasteiger partial charge in [-0.2, -0.15) is 0 Å². The number of rotatable bonds is 0. The number of benzene rings is 6. The van der Waals surface area contributed by atoms with Crippen LogP contribution in [-0.4, -0.2) is 0 Å². The molecule has 1 heterocycles. The van der Waals surface area contributed by atoms with Crippen molar-refractivity contribution in [3.63, 3.8) is 0 Å². The highest BCUT2D eigenvalue weighted by molar-refractivity contribution is 6.32. The first-order valence-corrected chi connectivity index (χ1v) is 9.63. The van der Waals surface area contributed by atoms with Crippen LogP contribution in [0, 0.1) is 0 Å². The summed E-state index contributed by atoms with van der Waals surface area (Å²) in [7, 11) is 0. The van der Waals surface area contributed by atoms with Gasteiger partial charge >= 0.3 is 0 Å². The van der Waals surface area contributed by atoms with Crippen LogP contribution in [0.3, 0.4) is 0 Å². The van der Waals surface area contributed by atoms with E-state index in [0.29, 0.717) is 0 Å². The van der Waals surface area contributed by atoms with Gasteiger partial charge in [-0.15, -0.1) is 0 Å². The predicted molar refractivity (Wildman–Crippen MR) is 119 cm³/mol. The lowest BCUT2D eigenvalue weighted by Crippen LogP contribution is -1.91. The quantitative estimate of drug-likeness (QED) is 0.175. The number of fused-ring (bicyclic) bond motifs is 3. The van der Waals surface area contributed by atoms with Gasteiger partial charge in [-0.1, -0.05) is 89.9 Å². The Morgan fingerprint density at radius 1 is 0.483 bits per heavy atom. The third-order valence-electron chi connectivity index (χ3n) is 5.56. The Hall–Kier alpha value is -3.82. The lowest BCUT2D eigenvalue weighted by atomic mass is 9.90. The van der Waals surface area contributed by atoms with Crippen molar-refractivity contribution < 1.29 is 9.88 Å². The molecule has 0 saturated heterocycles. The lowest BCUT2D eigenvalue weighted by molar-refractivity contribution is -0.160. The number of hydrogen-bond acceptors (Lipinski definition) is 3. The van der Waals surface area contributed by atoms with E-state index in [-0.39, 0.29) is 0 Å². The summed E-state index contributed by atoms with van der Waals surface area (Å²) in [6, 6.07) is 33.9. The fourth-order valence-corrected chi connectivity index (χ4v) is 4.31. The largest absolute Gasteiger partial charge is 0.312 e. The first kappa shape index (κ1) is 16.2. The zero-order valence-corrected chi connectivity index (χ0v) is 15.6. The second-order valence-electron chi connectivity index (χ2n) is 7.18. The van der Waals surface area contributed by atoms with Crippen molar-refractivity contribution in [2.24, 2.45) is 0 Å². The smallest absolute Gasteiger partial charge is 0.193 e. The minimum absolute atomic E-state index is 0.734. The molecule has 6 aromatic rings. The Bertz CT molecular complexity index is 1300. The second-order valence-corrected chi connectivity index (χ2v) is 7.18. The molecule has 7 rings (SSSR count). The zero-order valence-electron chi connectivity index (χ0n) is 15.6. The molecule has 0 aliphatic carbocycles. The standard InChI is InChI=1S/C20H12.C6H5NO2/c1-5-13-6-2-11-17-18-12-4-8-14-7-3-10-16(20(14)18)15(9-1)19(13)17;1-2-4-6-5(3-1)7-9-8-6/h1-12H;1-4,7H. The maximum atomic E-state index is 4.69. The van der Waals surface area contributed by atoms with E-state index in [9.17, 15) is 0 Å². The zero-order chi connectivity index (χ0) is 19.2. The molecule has 1 aliphatic heterocycles. The van der Waals surface area contributed by atoms with Crippen LogP contribution in [0.15, 0.2) is 97.1 Å². The summed E-state index contributed by atoms with van der Waals surface area (Å²) in [5.74, 6) is 0.734. The topological polar surface area (TPSA) is 30.5 Å². The monoisotopic (exact) mass is 375 g/mol. The molecular weight excluding hydrogens is 358 g/mol. The molecule has 0 radical (unpaired) electrons. The first-order chi connectivity index (χ1) is 14.4. The Morgan fingerprint density at radius 2 is 0.966 bits per heavy atom. The second kappa shape index (κ2) is 6.36. The van der Waals surface area contributed by atoms with Crippen molar-refractivity contribution >= 4 is 48.8 Å². The SMILES string of the molecule is c1cc2cccc3c4cccc5cccc(c(c1)c23)c54.c1ccc2c(c1)NOO2. The van der Waals surface area contributed by atoms with Crippen molar-refractivity contribution in [2.45, 2.75) is 0 Å². The van der Waals surface area contributed by atoms with Crippen LogP contribution in [0.2, 0.25) is 0 Å². The lowest BCUT2D eigenvalue weighted by Gasteiger charge is -2.13. The van der Waals surface area contributed by atoms with Crippen molar-refractivity contribution in [3.8, 4) is 5.75 Å². The summed E-state index contributed by atoms with van der Waals surface area (Å²) in [5, 5.41) is 10.9. The summed E-state index contributed by atoms with van der Waals surface area (Å²) in [6.45, 7) is 0. The molecule has 6 aromatic carbocycles. The Kier molecular flexibility index (Phi) is 3.55. The average molecular weight is 375 g/mol. The van der Waals surface area contributed by atoms with E-state index in [4.69, 9.17) is 0 Å². The number of anilines is 1. The highest BCUT2D eigenvalue weighted by Gasteiger charge is 2.11. The fraction of sp³-hybridized carbons (Fsp3) is 0.